The van der Waals surface area contributed by atoms with Crippen LogP contribution in [-0.2, 0) is 11.3 Å². The normalized spacial score (nSPS) is 12.1. The molecule has 6 nitrogen and oxygen atoms in total. The monoisotopic (exact) mass is 419 g/mol. The van der Waals surface area contributed by atoms with Gasteiger partial charge in [-0.2, -0.15) is 0 Å². The van der Waals surface area contributed by atoms with Crippen molar-refractivity contribution in [1.29, 1.82) is 0 Å². The fourth-order valence-corrected chi connectivity index (χ4v) is 3.50. The molecule has 1 atom stereocenters. The number of carbonyl (C=O) groups excluding carboxylic acids is 1. The molecular formula is C25H29N3O3. The lowest BCUT2D eigenvalue weighted by molar-refractivity contribution is -0.117. The highest BCUT2D eigenvalue weighted by Crippen LogP contribution is 2.29. The quantitative estimate of drug-likeness (QED) is 0.375. The van der Waals surface area contributed by atoms with E-state index in [0.29, 0.717) is 18.9 Å². The van der Waals surface area contributed by atoms with Crippen LogP contribution in [0.15, 0.2) is 61.2 Å². The van der Waals surface area contributed by atoms with Gasteiger partial charge < -0.3 is 19.4 Å². The Labute approximate surface area is 183 Å². The summed E-state index contributed by atoms with van der Waals surface area (Å²) < 4.78 is 13.6. The lowest BCUT2D eigenvalue weighted by atomic mass is 10.2. The number of amides is 1. The van der Waals surface area contributed by atoms with Crippen molar-refractivity contribution in [3.05, 3.63) is 72.6 Å². The second-order valence-electron chi connectivity index (χ2n) is 7.16. The predicted octanol–water partition coefficient (Wildman–Crippen LogP) is 4.91. The Kier molecular flexibility index (Phi) is 7.49. The summed E-state index contributed by atoms with van der Waals surface area (Å²) in [5.41, 5.74) is 3.00. The minimum atomic E-state index is -0.238. The highest BCUT2D eigenvalue weighted by Gasteiger charge is 2.17. The van der Waals surface area contributed by atoms with Gasteiger partial charge in [0.25, 0.3) is 0 Å². The van der Waals surface area contributed by atoms with E-state index in [1.807, 2.05) is 68.5 Å². The summed E-state index contributed by atoms with van der Waals surface area (Å²) in [5, 5.41) is 2.90. The summed E-state index contributed by atoms with van der Waals surface area (Å²) in [6.45, 7) is 8.66. The summed E-state index contributed by atoms with van der Waals surface area (Å²) in [4.78, 5) is 16.5. The molecule has 1 unspecified atom stereocenters. The third-order valence-corrected chi connectivity index (χ3v) is 4.95. The van der Waals surface area contributed by atoms with Gasteiger partial charge in [-0.25, -0.2) is 4.98 Å². The first-order valence-corrected chi connectivity index (χ1v) is 10.4. The number of fused-ring (bicyclic) bond motifs is 1. The number of carbonyl (C=O) groups is 1. The maximum absolute atomic E-state index is 11.8. The number of nitrogens with one attached hydrogen (secondary N) is 1. The van der Waals surface area contributed by atoms with Crippen LogP contribution in [0.4, 0.5) is 0 Å². The van der Waals surface area contributed by atoms with Crippen LogP contribution in [0.2, 0.25) is 0 Å². The van der Waals surface area contributed by atoms with Gasteiger partial charge in [0.05, 0.1) is 30.8 Å². The second-order valence-corrected chi connectivity index (χ2v) is 7.16. The highest BCUT2D eigenvalue weighted by molar-refractivity contribution is 5.87. The Morgan fingerprint density at radius 2 is 2.06 bits per heavy atom. The third-order valence-electron chi connectivity index (χ3n) is 4.95. The van der Waals surface area contributed by atoms with Crippen LogP contribution < -0.4 is 14.8 Å². The zero-order chi connectivity index (χ0) is 22.2. The molecule has 3 aromatic rings. The molecule has 2 aromatic carbocycles. The van der Waals surface area contributed by atoms with Gasteiger partial charge in [-0.3, -0.25) is 4.79 Å². The maximum atomic E-state index is 11.8. The van der Waals surface area contributed by atoms with E-state index in [1.54, 1.807) is 7.11 Å². The Morgan fingerprint density at radius 1 is 1.26 bits per heavy atom. The number of benzene rings is 2. The third kappa shape index (κ3) is 5.34. The number of aryl methyl sites for hydroxylation is 1. The van der Waals surface area contributed by atoms with Crippen molar-refractivity contribution in [2.45, 2.75) is 32.9 Å². The number of imidazole rings is 1. The van der Waals surface area contributed by atoms with E-state index in [1.165, 1.54) is 6.08 Å². The van der Waals surface area contributed by atoms with Crippen molar-refractivity contribution in [2.24, 2.45) is 0 Å². The molecule has 31 heavy (non-hydrogen) atoms. The van der Waals surface area contributed by atoms with Gasteiger partial charge in [-0.15, -0.1) is 0 Å². The number of hydrogen-bond acceptors (Lipinski definition) is 4. The van der Waals surface area contributed by atoms with Gasteiger partial charge in [0.1, 0.15) is 5.82 Å². The van der Waals surface area contributed by atoms with Crippen LogP contribution in [0.3, 0.4) is 0 Å². The number of nitrogens with zero attached hydrogens (tertiary/aromatic N) is 2. The molecule has 0 aliphatic heterocycles. The number of ether oxygens (including phenoxy) is 2. The number of methoxy groups -OCH3 is 1. The molecule has 0 fully saturated rings. The smallest absolute Gasteiger partial charge is 0.243 e. The summed E-state index contributed by atoms with van der Waals surface area (Å²) >= 11 is 0. The molecule has 6 heteroatoms. The molecule has 1 aromatic heterocycles. The van der Waals surface area contributed by atoms with E-state index in [0.717, 1.165) is 34.6 Å². The number of aromatic nitrogens is 2. The Balaban J connectivity index is 1.71. The molecule has 0 radical (unpaired) electrons. The SMILES string of the molecule is C=CC(=O)NC(C)c1nc2ccccc2n1CCCOc1ccc(/C=C/C)cc1OC. The summed E-state index contributed by atoms with van der Waals surface area (Å²) in [5.74, 6) is 2.02. The number of hydrogen-bond donors (Lipinski definition) is 1. The Morgan fingerprint density at radius 3 is 2.81 bits per heavy atom. The minimum Gasteiger partial charge on any atom is -0.493 e. The molecule has 0 saturated heterocycles. The molecule has 0 bridgehead atoms. The van der Waals surface area contributed by atoms with Crippen molar-refractivity contribution >= 4 is 23.0 Å². The van der Waals surface area contributed by atoms with Gasteiger partial charge in [0, 0.05) is 6.54 Å². The molecule has 0 saturated carbocycles. The average molecular weight is 420 g/mol. The molecule has 1 amide bonds. The van der Waals surface area contributed by atoms with Crippen molar-refractivity contribution < 1.29 is 14.3 Å². The van der Waals surface area contributed by atoms with Gasteiger partial charge in [-0.1, -0.05) is 36.9 Å². The highest BCUT2D eigenvalue weighted by atomic mass is 16.5. The van der Waals surface area contributed by atoms with Crippen LogP contribution >= 0.6 is 0 Å². The number of para-hydroxylation sites is 2. The van der Waals surface area contributed by atoms with E-state index in [2.05, 4.69) is 16.5 Å². The van der Waals surface area contributed by atoms with Gasteiger partial charge in [-0.05, 0) is 56.2 Å². The van der Waals surface area contributed by atoms with Gasteiger partial charge >= 0.3 is 0 Å². The van der Waals surface area contributed by atoms with Gasteiger partial charge in [0.15, 0.2) is 11.5 Å². The summed E-state index contributed by atoms with van der Waals surface area (Å²) in [7, 11) is 1.64. The molecule has 1 heterocycles. The fourth-order valence-electron chi connectivity index (χ4n) is 3.50. The fraction of sp³-hybridized carbons (Fsp3) is 0.280. The van der Waals surface area contributed by atoms with Crippen molar-refractivity contribution in [1.82, 2.24) is 14.9 Å². The van der Waals surface area contributed by atoms with E-state index in [4.69, 9.17) is 14.5 Å². The van der Waals surface area contributed by atoms with E-state index in [-0.39, 0.29) is 11.9 Å². The topological polar surface area (TPSA) is 65.4 Å². The minimum absolute atomic E-state index is 0.220. The average Bonchev–Trinajstić information content (AvgIpc) is 3.16. The lowest BCUT2D eigenvalue weighted by Gasteiger charge is -2.16. The van der Waals surface area contributed by atoms with Crippen molar-refractivity contribution in [3.63, 3.8) is 0 Å². The maximum Gasteiger partial charge on any atom is 0.243 e. The zero-order valence-corrected chi connectivity index (χ0v) is 18.3. The predicted molar refractivity (Wildman–Crippen MR) is 124 cm³/mol. The first-order valence-electron chi connectivity index (χ1n) is 10.4. The zero-order valence-electron chi connectivity index (χ0n) is 18.3. The van der Waals surface area contributed by atoms with E-state index >= 15 is 0 Å². The first kappa shape index (κ1) is 22.2. The Hall–Kier alpha value is -3.54. The van der Waals surface area contributed by atoms with E-state index < -0.39 is 0 Å². The van der Waals surface area contributed by atoms with Crippen LogP contribution in [0.1, 0.15) is 37.7 Å². The molecule has 1 N–H and O–H groups in total. The lowest BCUT2D eigenvalue weighted by Crippen LogP contribution is -2.27. The first-order chi connectivity index (χ1) is 15.1. The molecule has 0 spiro atoms. The largest absolute Gasteiger partial charge is 0.493 e. The van der Waals surface area contributed by atoms with Crippen LogP contribution in [0.25, 0.3) is 17.1 Å². The molecule has 0 aliphatic rings. The molecule has 0 aliphatic carbocycles. The van der Waals surface area contributed by atoms with Crippen LogP contribution in [0.5, 0.6) is 11.5 Å². The van der Waals surface area contributed by atoms with Crippen LogP contribution in [-0.4, -0.2) is 29.2 Å². The van der Waals surface area contributed by atoms with Crippen molar-refractivity contribution in [3.8, 4) is 11.5 Å². The molecule has 162 valence electrons. The van der Waals surface area contributed by atoms with Crippen LogP contribution in [0, 0.1) is 0 Å². The second kappa shape index (κ2) is 10.5. The van der Waals surface area contributed by atoms with Crippen molar-refractivity contribution in [2.75, 3.05) is 13.7 Å². The van der Waals surface area contributed by atoms with E-state index in [9.17, 15) is 4.79 Å². The Bertz CT molecular complexity index is 1080. The summed E-state index contributed by atoms with van der Waals surface area (Å²) in [6, 6.07) is 13.6. The number of allylic oxidation sites excluding steroid dienone is 1. The molecule has 3 rings (SSSR count). The number of rotatable bonds is 10. The molecular weight excluding hydrogens is 390 g/mol. The standard InChI is InChI=1S/C25H29N3O3/c1-5-10-19-13-14-22(23(17-19)30-4)31-16-9-15-28-21-12-8-7-11-20(21)27-25(28)18(3)26-24(29)6-2/h5-8,10-14,17-18H,2,9,15-16H2,1,3-4H3,(H,26,29)/b10-5+. The summed E-state index contributed by atoms with van der Waals surface area (Å²) in [6.07, 6.45) is 6.05. The van der Waals surface area contributed by atoms with Gasteiger partial charge in [0.2, 0.25) is 5.91 Å².